The first kappa shape index (κ1) is 16.9. The number of rotatable bonds is 8. The molecule has 0 aliphatic heterocycles. The van der Waals surface area contributed by atoms with Crippen LogP contribution >= 0.6 is 0 Å². The summed E-state index contributed by atoms with van der Waals surface area (Å²) < 4.78 is 0. The predicted octanol–water partition coefficient (Wildman–Crippen LogP) is 2.14. The average molecular weight is 256 g/mol. The van der Waals surface area contributed by atoms with Gasteiger partial charge in [0.25, 0.3) is 0 Å². The highest BCUT2D eigenvalue weighted by atomic mass is 16.2. The molecule has 4 heteroatoms. The van der Waals surface area contributed by atoms with E-state index >= 15 is 0 Å². The van der Waals surface area contributed by atoms with E-state index in [0.717, 1.165) is 38.8 Å². The van der Waals surface area contributed by atoms with Crippen LogP contribution in [0.15, 0.2) is 0 Å². The van der Waals surface area contributed by atoms with Gasteiger partial charge in [-0.2, -0.15) is 0 Å². The maximum Gasteiger partial charge on any atom is 0.234 e. The van der Waals surface area contributed by atoms with Crippen LogP contribution in [0.4, 0.5) is 0 Å². The van der Waals surface area contributed by atoms with E-state index < -0.39 is 5.92 Å². The van der Waals surface area contributed by atoms with Crippen molar-refractivity contribution in [2.45, 2.75) is 46.5 Å². The van der Waals surface area contributed by atoms with Crippen LogP contribution in [0.1, 0.15) is 46.5 Å². The van der Waals surface area contributed by atoms with E-state index in [9.17, 15) is 9.59 Å². The van der Waals surface area contributed by atoms with Crippen molar-refractivity contribution < 1.29 is 9.59 Å². The van der Waals surface area contributed by atoms with E-state index in [4.69, 9.17) is 0 Å². The maximum atomic E-state index is 12.0. The Balaban J connectivity index is 4.30. The van der Waals surface area contributed by atoms with Crippen molar-refractivity contribution in [1.82, 2.24) is 9.80 Å². The molecular formula is C14H28N2O2. The van der Waals surface area contributed by atoms with Crippen LogP contribution in [0.3, 0.4) is 0 Å². The normalized spacial score (nSPS) is 10.6. The van der Waals surface area contributed by atoms with E-state index in [1.54, 1.807) is 30.8 Å². The summed E-state index contributed by atoms with van der Waals surface area (Å²) >= 11 is 0. The number of carbonyl (C=O) groups excluding carboxylic acids is 2. The van der Waals surface area contributed by atoms with Crippen molar-refractivity contribution in [3.05, 3.63) is 0 Å². The fraction of sp³-hybridized carbons (Fsp3) is 0.857. The minimum atomic E-state index is -0.561. The Morgan fingerprint density at radius 1 is 0.889 bits per heavy atom. The largest absolute Gasteiger partial charge is 0.345 e. The lowest BCUT2D eigenvalue weighted by Gasteiger charge is -2.24. The van der Waals surface area contributed by atoms with Crippen LogP contribution in [0.2, 0.25) is 0 Å². The molecule has 0 radical (unpaired) electrons. The first-order chi connectivity index (χ1) is 8.45. The number of hydrogen-bond acceptors (Lipinski definition) is 2. The van der Waals surface area contributed by atoms with Crippen molar-refractivity contribution in [2.24, 2.45) is 5.92 Å². The summed E-state index contributed by atoms with van der Waals surface area (Å²) in [4.78, 5) is 27.4. The van der Waals surface area contributed by atoms with Crippen molar-refractivity contribution >= 4 is 11.8 Å². The molecule has 0 bridgehead atoms. The second-order valence-corrected chi connectivity index (χ2v) is 4.95. The van der Waals surface area contributed by atoms with Gasteiger partial charge in [-0.3, -0.25) is 9.59 Å². The van der Waals surface area contributed by atoms with E-state index in [1.165, 1.54) is 0 Å². The van der Waals surface area contributed by atoms with Gasteiger partial charge in [-0.05, 0) is 19.8 Å². The zero-order valence-corrected chi connectivity index (χ0v) is 12.5. The number of hydrogen-bond donors (Lipinski definition) is 0. The third-order valence-corrected chi connectivity index (χ3v) is 3.19. The molecule has 0 aromatic heterocycles. The standard InChI is InChI=1S/C14H28N2O2/c1-6-8-10-15(4)13(17)12(3)14(18)16(5)11-9-7-2/h12H,6-11H2,1-5H3. The highest BCUT2D eigenvalue weighted by molar-refractivity contribution is 5.99. The highest BCUT2D eigenvalue weighted by Gasteiger charge is 2.26. The molecule has 18 heavy (non-hydrogen) atoms. The first-order valence-corrected chi connectivity index (χ1v) is 6.95. The van der Waals surface area contributed by atoms with Crippen LogP contribution in [-0.2, 0) is 9.59 Å². The number of nitrogens with zero attached hydrogens (tertiary/aromatic N) is 2. The molecule has 0 aromatic rings. The minimum absolute atomic E-state index is 0.0724. The Morgan fingerprint density at radius 2 is 1.22 bits per heavy atom. The summed E-state index contributed by atoms with van der Waals surface area (Å²) in [5, 5.41) is 0. The lowest BCUT2D eigenvalue weighted by Crippen LogP contribution is -2.42. The van der Waals surface area contributed by atoms with E-state index in [2.05, 4.69) is 13.8 Å². The number of unbranched alkanes of at least 4 members (excludes halogenated alkanes) is 2. The Morgan fingerprint density at radius 3 is 1.50 bits per heavy atom. The van der Waals surface area contributed by atoms with Crippen LogP contribution < -0.4 is 0 Å². The third kappa shape index (κ3) is 5.52. The van der Waals surface area contributed by atoms with Crippen molar-refractivity contribution in [3.63, 3.8) is 0 Å². The SMILES string of the molecule is CCCCN(C)C(=O)C(C)C(=O)N(C)CCCC. The fourth-order valence-electron chi connectivity index (χ4n) is 1.78. The minimum Gasteiger partial charge on any atom is -0.345 e. The van der Waals surface area contributed by atoms with Crippen molar-refractivity contribution in [1.29, 1.82) is 0 Å². The maximum absolute atomic E-state index is 12.0. The molecule has 0 saturated carbocycles. The van der Waals surface area contributed by atoms with Gasteiger partial charge in [0.05, 0.1) is 0 Å². The van der Waals surface area contributed by atoms with Gasteiger partial charge in [0, 0.05) is 27.2 Å². The molecule has 106 valence electrons. The highest BCUT2D eigenvalue weighted by Crippen LogP contribution is 2.07. The van der Waals surface area contributed by atoms with Gasteiger partial charge < -0.3 is 9.80 Å². The van der Waals surface area contributed by atoms with Crippen LogP contribution in [0, 0.1) is 5.92 Å². The van der Waals surface area contributed by atoms with Crippen LogP contribution in [-0.4, -0.2) is 48.8 Å². The summed E-state index contributed by atoms with van der Waals surface area (Å²) in [5.41, 5.74) is 0. The van der Waals surface area contributed by atoms with E-state index in [1.807, 2.05) is 0 Å². The van der Waals surface area contributed by atoms with Crippen LogP contribution in [0.5, 0.6) is 0 Å². The molecule has 0 saturated heterocycles. The zero-order valence-electron chi connectivity index (χ0n) is 12.5. The van der Waals surface area contributed by atoms with E-state index in [-0.39, 0.29) is 11.8 Å². The second kappa shape index (κ2) is 8.95. The molecule has 0 atom stereocenters. The molecule has 0 heterocycles. The molecule has 2 amide bonds. The molecular weight excluding hydrogens is 228 g/mol. The molecule has 0 spiro atoms. The molecule has 4 nitrogen and oxygen atoms in total. The van der Waals surface area contributed by atoms with Gasteiger partial charge >= 0.3 is 0 Å². The summed E-state index contributed by atoms with van der Waals surface area (Å²) in [6.45, 7) is 7.34. The summed E-state index contributed by atoms with van der Waals surface area (Å²) in [6.07, 6.45) is 4.07. The Labute approximate surface area is 111 Å². The average Bonchev–Trinajstić information content (AvgIpc) is 2.39. The molecule has 0 aliphatic rings. The Bertz CT molecular complexity index is 241. The molecule has 0 aliphatic carbocycles. The van der Waals surface area contributed by atoms with Gasteiger partial charge in [-0.15, -0.1) is 0 Å². The quantitative estimate of drug-likeness (QED) is 0.624. The lowest BCUT2D eigenvalue weighted by atomic mass is 10.1. The van der Waals surface area contributed by atoms with Gasteiger partial charge in [-0.1, -0.05) is 26.7 Å². The summed E-state index contributed by atoms with van der Waals surface area (Å²) in [5.74, 6) is -0.706. The van der Waals surface area contributed by atoms with E-state index in [0.29, 0.717) is 0 Å². The number of amides is 2. The third-order valence-electron chi connectivity index (χ3n) is 3.19. The molecule has 0 N–H and O–H groups in total. The first-order valence-electron chi connectivity index (χ1n) is 6.95. The number of carbonyl (C=O) groups is 2. The topological polar surface area (TPSA) is 40.6 Å². The molecule has 0 fully saturated rings. The summed E-state index contributed by atoms with van der Waals surface area (Å²) in [7, 11) is 3.54. The molecule has 0 unspecified atom stereocenters. The van der Waals surface area contributed by atoms with Gasteiger partial charge in [0.15, 0.2) is 0 Å². The van der Waals surface area contributed by atoms with Gasteiger partial charge in [-0.25, -0.2) is 0 Å². The zero-order chi connectivity index (χ0) is 14.1. The molecule has 0 aromatic carbocycles. The smallest absolute Gasteiger partial charge is 0.234 e. The Hall–Kier alpha value is -1.06. The predicted molar refractivity (Wildman–Crippen MR) is 74.3 cm³/mol. The van der Waals surface area contributed by atoms with Crippen molar-refractivity contribution in [3.8, 4) is 0 Å². The van der Waals surface area contributed by atoms with Crippen molar-refractivity contribution in [2.75, 3.05) is 27.2 Å². The summed E-state index contributed by atoms with van der Waals surface area (Å²) in [6, 6.07) is 0. The monoisotopic (exact) mass is 256 g/mol. The fourth-order valence-corrected chi connectivity index (χ4v) is 1.78. The lowest BCUT2D eigenvalue weighted by molar-refractivity contribution is -0.145. The molecule has 0 rings (SSSR count). The van der Waals surface area contributed by atoms with Gasteiger partial charge in [0.2, 0.25) is 11.8 Å². The Kier molecular flexibility index (Phi) is 8.42. The van der Waals surface area contributed by atoms with Crippen LogP contribution in [0.25, 0.3) is 0 Å². The van der Waals surface area contributed by atoms with Gasteiger partial charge in [0.1, 0.15) is 5.92 Å². The second-order valence-electron chi connectivity index (χ2n) is 4.95.